The van der Waals surface area contributed by atoms with Crippen LogP contribution in [-0.2, 0) is 31.2 Å². The van der Waals surface area contributed by atoms with Crippen LogP contribution in [0.25, 0.3) is 11.3 Å². The van der Waals surface area contributed by atoms with Crippen molar-refractivity contribution < 1.29 is 4.79 Å². The van der Waals surface area contributed by atoms with Gasteiger partial charge < -0.3 is 9.88 Å². The molecule has 0 saturated heterocycles. The lowest BCUT2D eigenvalue weighted by atomic mass is 10.0. The number of aryl methyl sites for hydroxylation is 2. The van der Waals surface area contributed by atoms with E-state index in [1.807, 2.05) is 36.5 Å². The van der Waals surface area contributed by atoms with Crippen LogP contribution in [0.5, 0.6) is 0 Å². The highest BCUT2D eigenvalue weighted by atomic mass is 16.2. The smallest absolute Gasteiger partial charge is 0.223 e. The molecule has 25 heavy (non-hydrogen) atoms. The molecule has 0 saturated carbocycles. The van der Waals surface area contributed by atoms with Gasteiger partial charge >= 0.3 is 0 Å². The van der Waals surface area contributed by atoms with Gasteiger partial charge in [0, 0.05) is 62.2 Å². The Labute approximate surface area is 145 Å². The molecule has 4 heterocycles. The third kappa shape index (κ3) is 3.17. The minimum Gasteiger partial charge on any atom is -0.365 e. The van der Waals surface area contributed by atoms with E-state index < -0.39 is 0 Å². The maximum atomic E-state index is 12.6. The van der Waals surface area contributed by atoms with Crippen molar-refractivity contribution in [1.29, 1.82) is 0 Å². The Morgan fingerprint density at radius 2 is 2.28 bits per heavy atom. The topological polar surface area (TPSA) is 79.7 Å². The van der Waals surface area contributed by atoms with Gasteiger partial charge in [0.15, 0.2) is 0 Å². The normalized spacial score (nSPS) is 13.7. The molecule has 0 fully saturated rings. The fraction of sp³-hybridized carbons (Fsp3) is 0.333. The number of rotatable bonds is 4. The van der Waals surface area contributed by atoms with Crippen molar-refractivity contribution in [3.8, 4) is 11.3 Å². The van der Waals surface area contributed by atoms with Gasteiger partial charge in [-0.2, -0.15) is 5.10 Å². The lowest BCUT2D eigenvalue weighted by Crippen LogP contribution is -2.37. The van der Waals surface area contributed by atoms with Gasteiger partial charge in [-0.05, 0) is 18.6 Å². The van der Waals surface area contributed by atoms with Crippen molar-refractivity contribution in [3.05, 3.63) is 54.0 Å². The third-order valence-electron chi connectivity index (χ3n) is 4.60. The number of aromatic amines is 1. The van der Waals surface area contributed by atoms with Crippen molar-refractivity contribution in [3.63, 3.8) is 0 Å². The molecule has 4 rings (SSSR count). The molecule has 3 aromatic rings. The molecule has 0 spiro atoms. The second-order valence-corrected chi connectivity index (χ2v) is 6.31. The van der Waals surface area contributed by atoms with Crippen LogP contribution in [0.3, 0.4) is 0 Å². The first kappa shape index (κ1) is 15.6. The van der Waals surface area contributed by atoms with Gasteiger partial charge in [0.05, 0.1) is 17.6 Å². The first-order valence-corrected chi connectivity index (χ1v) is 8.42. The van der Waals surface area contributed by atoms with Crippen LogP contribution in [0.1, 0.15) is 23.4 Å². The molecule has 7 nitrogen and oxygen atoms in total. The highest BCUT2D eigenvalue weighted by Gasteiger charge is 2.25. The molecule has 3 aromatic heterocycles. The number of amides is 1. The van der Waals surface area contributed by atoms with Crippen molar-refractivity contribution >= 4 is 5.91 Å². The molecule has 1 amide bonds. The number of hydrogen-bond donors (Lipinski definition) is 1. The maximum Gasteiger partial charge on any atom is 0.223 e. The minimum absolute atomic E-state index is 0.168. The summed E-state index contributed by atoms with van der Waals surface area (Å²) in [4.78, 5) is 26.5. The minimum atomic E-state index is 0.168. The molecule has 7 heteroatoms. The van der Waals surface area contributed by atoms with Gasteiger partial charge in [0.25, 0.3) is 0 Å². The van der Waals surface area contributed by atoms with Gasteiger partial charge in [-0.1, -0.05) is 0 Å². The predicted molar refractivity (Wildman–Crippen MR) is 92.5 cm³/mol. The number of carbonyl (C=O) groups excluding carboxylic acids is 1. The zero-order valence-electron chi connectivity index (χ0n) is 14.1. The molecule has 128 valence electrons. The molecule has 0 aliphatic carbocycles. The van der Waals surface area contributed by atoms with E-state index in [4.69, 9.17) is 0 Å². The number of carbonyl (C=O) groups is 1. The Kier molecular flexibility index (Phi) is 4.05. The summed E-state index contributed by atoms with van der Waals surface area (Å²) in [7, 11) is 1.88. The van der Waals surface area contributed by atoms with Gasteiger partial charge in [-0.25, -0.2) is 9.97 Å². The first-order valence-electron chi connectivity index (χ1n) is 8.42. The summed E-state index contributed by atoms with van der Waals surface area (Å²) in [5.41, 5.74) is 4.99. The van der Waals surface area contributed by atoms with Crippen molar-refractivity contribution in [2.75, 3.05) is 6.54 Å². The second-order valence-electron chi connectivity index (χ2n) is 6.31. The van der Waals surface area contributed by atoms with Gasteiger partial charge in [-0.15, -0.1) is 0 Å². The van der Waals surface area contributed by atoms with E-state index in [1.54, 1.807) is 17.2 Å². The quantitative estimate of drug-likeness (QED) is 0.787. The monoisotopic (exact) mass is 336 g/mol. The predicted octanol–water partition coefficient (Wildman–Crippen LogP) is 1.72. The summed E-state index contributed by atoms with van der Waals surface area (Å²) in [6.45, 7) is 1.27. The molecule has 1 N–H and O–H groups in total. The summed E-state index contributed by atoms with van der Waals surface area (Å²) in [6, 6.07) is 3.96. The Morgan fingerprint density at radius 3 is 3.04 bits per heavy atom. The fourth-order valence-corrected chi connectivity index (χ4v) is 3.27. The highest BCUT2D eigenvalue weighted by molar-refractivity contribution is 5.77. The molecular weight excluding hydrogens is 316 g/mol. The van der Waals surface area contributed by atoms with Crippen LogP contribution in [0, 0.1) is 0 Å². The molecule has 0 radical (unpaired) electrons. The van der Waals surface area contributed by atoms with E-state index in [2.05, 4.69) is 20.1 Å². The largest absolute Gasteiger partial charge is 0.365 e. The van der Waals surface area contributed by atoms with Crippen LogP contribution in [0.4, 0.5) is 0 Å². The van der Waals surface area contributed by atoms with E-state index in [0.717, 1.165) is 41.1 Å². The molecule has 0 unspecified atom stereocenters. The molecule has 0 atom stereocenters. The summed E-state index contributed by atoms with van der Waals surface area (Å²) in [6.07, 6.45) is 9.22. The number of aromatic nitrogens is 5. The van der Waals surface area contributed by atoms with E-state index in [9.17, 15) is 4.79 Å². The average Bonchev–Trinajstić information content (AvgIpc) is 3.30. The van der Waals surface area contributed by atoms with Crippen LogP contribution < -0.4 is 0 Å². The van der Waals surface area contributed by atoms with Gasteiger partial charge in [0.2, 0.25) is 5.91 Å². The Morgan fingerprint density at radius 1 is 1.36 bits per heavy atom. The molecule has 1 aliphatic heterocycles. The first-order chi connectivity index (χ1) is 12.2. The molecule has 0 bridgehead atoms. The zero-order chi connectivity index (χ0) is 17.2. The molecule has 0 aromatic carbocycles. The van der Waals surface area contributed by atoms with Crippen LogP contribution >= 0.6 is 0 Å². The zero-order valence-corrected chi connectivity index (χ0v) is 14.1. The van der Waals surface area contributed by atoms with Crippen molar-refractivity contribution in [2.45, 2.75) is 25.8 Å². The van der Waals surface area contributed by atoms with E-state index in [0.29, 0.717) is 19.5 Å². The number of nitrogens with one attached hydrogen (secondary N) is 1. The summed E-state index contributed by atoms with van der Waals surface area (Å²) < 4.78 is 1.76. The number of fused-ring (bicyclic) bond motifs is 1. The Hall–Kier alpha value is -2.96. The second kappa shape index (κ2) is 6.51. The number of hydrogen-bond acceptors (Lipinski definition) is 4. The Balaban J connectivity index is 1.53. The van der Waals surface area contributed by atoms with Crippen molar-refractivity contribution in [2.24, 2.45) is 7.05 Å². The summed E-state index contributed by atoms with van der Waals surface area (Å²) >= 11 is 0. The lowest BCUT2D eigenvalue weighted by Gasteiger charge is -2.29. The average molecular weight is 336 g/mol. The highest BCUT2D eigenvalue weighted by Crippen LogP contribution is 2.27. The summed E-state index contributed by atoms with van der Waals surface area (Å²) in [5, 5.41) is 4.23. The molecular formula is C18H20N6O. The van der Waals surface area contributed by atoms with Crippen LogP contribution in [0.15, 0.2) is 37.1 Å². The Bertz CT molecular complexity index is 883. The SMILES string of the molecule is Cn1cc(-c2ncnc3c2CN(C(=O)CCc2ccc[nH]2)CC3)cn1. The summed E-state index contributed by atoms with van der Waals surface area (Å²) in [5.74, 6) is 0.168. The number of H-pyrrole nitrogens is 1. The van der Waals surface area contributed by atoms with Crippen molar-refractivity contribution in [1.82, 2.24) is 29.6 Å². The fourth-order valence-electron chi connectivity index (χ4n) is 3.27. The lowest BCUT2D eigenvalue weighted by molar-refractivity contribution is -0.132. The number of nitrogens with zero attached hydrogens (tertiary/aromatic N) is 5. The van der Waals surface area contributed by atoms with Crippen LogP contribution in [0.2, 0.25) is 0 Å². The third-order valence-corrected chi connectivity index (χ3v) is 4.60. The maximum absolute atomic E-state index is 12.6. The molecule has 1 aliphatic rings. The van der Waals surface area contributed by atoms with E-state index >= 15 is 0 Å². The van der Waals surface area contributed by atoms with Gasteiger partial charge in [-0.3, -0.25) is 9.48 Å². The van der Waals surface area contributed by atoms with E-state index in [-0.39, 0.29) is 5.91 Å². The van der Waals surface area contributed by atoms with E-state index in [1.165, 1.54) is 0 Å². The van der Waals surface area contributed by atoms with Crippen LogP contribution in [-0.4, -0.2) is 42.1 Å². The standard InChI is InChI=1S/C18H20N6O/c1-23-10-13(9-22-23)18-15-11-24(8-6-16(15)20-12-21-18)17(25)5-4-14-3-2-7-19-14/h2-3,7,9-10,12,19H,4-6,8,11H2,1H3. The van der Waals surface area contributed by atoms with Gasteiger partial charge in [0.1, 0.15) is 6.33 Å².